The number of nitriles is 1. The van der Waals surface area contributed by atoms with Gasteiger partial charge in [0.2, 0.25) is 0 Å². The van der Waals surface area contributed by atoms with Gasteiger partial charge in [-0.3, -0.25) is 0 Å². The molecule has 5 heteroatoms. The van der Waals surface area contributed by atoms with E-state index in [2.05, 4.69) is 20.7 Å². The number of nitrogens with zero attached hydrogens (tertiary/aromatic N) is 1. The molecule has 0 aliphatic carbocycles. The van der Waals surface area contributed by atoms with Crippen LogP contribution in [0.5, 0.6) is 5.75 Å². The maximum atomic E-state index is 11.4. The highest BCUT2D eigenvalue weighted by molar-refractivity contribution is 9.08. The van der Waals surface area contributed by atoms with Crippen LogP contribution >= 0.6 is 15.9 Å². The second-order valence-corrected chi connectivity index (χ2v) is 3.51. The summed E-state index contributed by atoms with van der Waals surface area (Å²) in [6.45, 7) is 0. The highest BCUT2D eigenvalue weighted by Crippen LogP contribution is 2.27. The Bertz CT molecular complexity index is 451. The standard InChI is InChI=1S/C11H10BrNO3/c1-15-10-8(5-12)3-7(11(14)16-2)4-9(10)6-13/h3-4H,5H2,1-2H3. The molecule has 0 bridgehead atoms. The third-order valence-electron chi connectivity index (χ3n) is 2.06. The van der Waals surface area contributed by atoms with Crippen LogP contribution in [0, 0.1) is 11.3 Å². The van der Waals surface area contributed by atoms with Gasteiger partial charge in [-0.2, -0.15) is 5.26 Å². The Balaban J connectivity index is 3.38. The van der Waals surface area contributed by atoms with Gasteiger partial charge in [0.05, 0.1) is 25.3 Å². The number of esters is 1. The van der Waals surface area contributed by atoms with E-state index >= 15 is 0 Å². The van der Waals surface area contributed by atoms with Crippen LogP contribution in [-0.4, -0.2) is 20.2 Å². The maximum Gasteiger partial charge on any atom is 0.337 e. The number of carbonyl (C=O) groups excluding carboxylic acids is 1. The van der Waals surface area contributed by atoms with Crippen LogP contribution < -0.4 is 4.74 Å². The molecule has 16 heavy (non-hydrogen) atoms. The number of benzene rings is 1. The van der Waals surface area contributed by atoms with Crippen molar-refractivity contribution in [1.82, 2.24) is 0 Å². The van der Waals surface area contributed by atoms with Gasteiger partial charge in [0.1, 0.15) is 11.8 Å². The number of ether oxygens (including phenoxy) is 2. The maximum absolute atomic E-state index is 11.4. The minimum absolute atomic E-state index is 0.319. The van der Waals surface area contributed by atoms with Gasteiger partial charge < -0.3 is 9.47 Å². The second-order valence-electron chi connectivity index (χ2n) is 2.95. The van der Waals surface area contributed by atoms with E-state index in [0.717, 1.165) is 5.56 Å². The lowest BCUT2D eigenvalue weighted by Crippen LogP contribution is -2.04. The fourth-order valence-electron chi connectivity index (χ4n) is 1.35. The van der Waals surface area contributed by atoms with Crippen molar-refractivity contribution in [3.05, 3.63) is 28.8 Å². The Morgan fingerprint density at radius 2 is 2.19 bits per heavy atom. The lowest BCUT2D eigenvalue weighted by molar-refractivity contribution is 0.0600. The molecule has 0 N–H and O–H groups in total. The molecule has 0 atom stereocenters. The van der Waals surface area contributed by atoms with Gasteiger partial charge >= 0.3 is 5.97 Å². The van der Waals surface area contributed by atoms with Crippen molar-refractivity contribution in [2.75, 3.05) is 14.2 Å². The molecule has 84 valence electrons. The van der Waals surface area contributed by atoms with Crippen LogP contribution in [0.3, 0.4) is 0 Å². The van der Waals surface area contributed by atoms with E-state index in [9.17, 15) is 4.79 Å². The summed E-state index contributed by atoms with van der Waals surface area (Å²) in [5.41, 5.74) is 1.40. The number of carbonyl (C=O) groups is 1. The predicted molar refractivity (Wildman–Crippen MR) is 61.7 cm³/mol. The fourth-order valence-corrected chi connectivity index (χ4v) is 1.76. The van der Waals surface area contributed by atoms with Crippen molar-refractivity contribution < 1.29 is 14.3 Å². The van der Waals surface area contributed by atoms with E-state index < -0.39 is 5.97 Å². The van der Waals surface area contributed by atoms with Crippen LogP contribution in [0.25, 0.3) is 0 Å². The zero-order valence-electron chi connectivity index (χ0n) is 8.91. The van der Waals surface area contributed by atoms with E-state index in [0.29, 0.717) is 22.2 Å². The number of halogens is 1. The molecule has 0 spiro atoms. The van der Waals surface area contributed by atoms with Gasteiger partial charge in [-0.15, -0.1) is 0 Å². The Morgan fingerprint density at radius 1 is 1.50 bits per heavy atom. The predicted octanol–water partition coefficient (Wildman–Crippen LogP) is 2.25. The highest BCUT2D eigenvalue weighted by Gasteiger charge is 2.14. The van der Waals surface area contributed by atoms with E-state index in [4.69, 9.17) is 10.00 Å². The normalized spacial score (nSPS) is 9.38. The number of hydrogen-bond acceptors (Lipinski definition) is 4. The Labute approximate surface area is 102 Å². The topological polar surface area (TPSA) is 59.3 Å². The Kier molecular flexibility index (Phi) is 4.32. The molecule has 4 nitrogen and oxygen atoms in total. The zero-order valence-corrected chi connectivity index (χ0v) is 10.5. The van der Waals surface area contributed by atoms with Crippen LogP contribution in [0.4, 0.5) is 0 Å². The minimum atomic E-state index is -0.471. The molecular formula is C11H10BrNO3. The molecular weight excluding hydrogens is 274 g/mol. The number of rotatable bonds is 3. The summed E-state index contributed by atoms with van der Waals surface area (Å²) in [7, 11) is 2.78. The average molecular weight is 284 g/mol. The largest absolute Gasteiger partial charge is 0.495 e. The van der Waals surface area contributed by atoms with Gasteiger partial charge in [0.15, 0.2) is 0 Å². The molecule has 0 radical (unpaired) electrons. The first-order valence-electron chi connectivity index (χ1n) is 4.43. The first-order chi connectivity index (χ1) is 7.67. The van der Waals surface area contributed by atoms with Gasteiger partial charge in [-0.25, -0.2) is 4.79 Å². The van der Waals surface area contributed by atoms with Crippen molar-refractivity contribution in [3.63, 3.8) is 0 Å². The quantitative estimate of drug-likeness (QED) is 0.631. The van der Waals surface area contributed by atoms with Gasteiger partial charge in [0, 0.05) is 10.9 Å². The van der Waals surface area contributed by atoms with Crippen molar-refractivity contribution in [3.8, 4) is 11.8 Å². The summed E-state index contributed by atoms with van der Waals surface area (Å²) in [4.78, 5) is 11.4. The smallest absolute Gasteiger partial charge is 0.337 e. The van der Waals surface area contributed by atoms with E-state index in [1.807, 2.05) is 6.07 Å². The minimum Gasteiger partial charge on any atom is -0.495 e. The number of hydrogen-bond donors (Lipinski definition) is 0. The Morgan fingerprint density at radius 3 is 2.62 bits per heavy atom. The third kappa shape index (κ3) is 2.34. The van der Waals surface area contributed by atoms with Crippen LogP contribution in [-0.2, 0) is 10.1 Å². The fraction of sp³-hybridized carbons (Fsp3) is 0.273. The SMILES string of the molecule is COC(=O)c1cc(C#N)c(OC)c(CBr)c1. The van der Waals surface area contributed by atoms with Crippen LogP contribution in [0.2, 0.25) is 0 Å². The van der Waals surface area contributed by atoms with Gasteiger partial charge in [-0.05, 0) is 12.1 Å². The number of methoxy groups -OCH3 is 2. The van der Waals surface area contributed by atoms with Crippen molar-refractivity contribution >= 4 is 21.9 Å². The summed E-state index contributed by atoms with van der Waals surface area (Å²) in [5.74, 6) is 0.00776. The average Bonchev–Trinajstić information content (AvgIpc) is 2.35. The molecule has 0 heterocycles. The molecule has 0 aromatic heterocycles. The zero-order chi connectivity index (χ0) is 12.1. The monoisotopic (exact) mass is 283 g/mol. The molecule has 0 amide bonds. The van der Waals surface area contributed by atoms with E-state index in [1.165, 1.54) is 20.3 Å². The Hall–Kier alpha value is -1.54. The van der Waals surface area contributed by atoms with Crippen LogP contribution in [0.15, 0.2) is 12.1 Å². The molecule has 0 saturated carbocycles. The first-order valence-corrected chi connectivity index (χ1v) is 5.55. The third-order valence-corrected chi connectivity index (χ3v) is 2.66. The molecule has 0 aliphatic heterocycles. The van der Waals surface area contributed by atoms with Crippen molar-refractivity contribution in [2.45, 2.75) is 5.33 Å². The number of alkyl halides is 1. The van der Waals surface area contributed by atoms with Crippen molar-refractivity contribution in [2.24, 2.45) is 0 Å². The molecule has 0 unspecified atom stereocenters. The van der Waals surface area contributed by atoms with Gasteiger partial charge in [0.25, 0.3) is 0 Å². The lowest BCUT2D eigenvalue weighted by atomic mass is 10.1. The molecule has 1 aromatic rings. The van der Waals surface area contributed by atoms with Gasteiger partial charge in [-0.1, -0.05) is 15.9 Å². The van der Waals surface area contributed by atoms with E-state index in [1.54, 1.807) is 6.07 Å². The summed E-state index contributed by atoms with van der Waals surface area (Å²) < 4.78 is 9.73. The first kappa shape index (κ1) is 12.5. The molecule has 0 fully saturated rings. The molecule has 1 aromatic carbocycles. The second kappa shape index (κ2) is 5.52. The van der Waals surface area contributed by atoms with E-state index in [-0.39, 0.29) is 0 Å². The van der Waals surface area contributed by atoms with Crippen molar-refractivity contribution in [1.29, 1.82) is 5.26 Å². The molecule has 0 aliphatic rings. The summed E-state index contributed by atoms with van der Waals surface area (Å²) in [6.07, 6.45) is 0. The lowest BCUT2D eigenvalue weighted by Gasteiger charge is -2.09. The highest BCUT2D eigenvalue weighted by atomic mass is 79.9. The van der Waals surface area contributed by atoms with Crippen LogP contribution in [0.1, 0.15) is 21.5 Å². The molecule has 0 saturated heterocycles. The summed E-state index contributed by atoms with van der Waals surface area (Å²) in [6, 6.07) is 5.08. The summed E-state index contributed by atoms with van der Waals surface area (Å²) in [5, 5.41) is 9.45. The molecule has 1 rings (SSSR count). The summed E-state index contributed by atoms with van der Waals surface area (Å²) >= 11 is 3.28.